The number of likely N-dealkylation sites (N-methyl/N-ethyl adjacent to an activating group) is 1. The first-order valence-corrected chi connectivity index (χ1v) is 4.95. The third kappa shape index (κ3) is 5.80. The number of nitrogens with zero attached hydrogens (tertiary/aromatic N) is 1. The molecule has 15 heavy (non-hydrogen) atoms. The second kappa shape index (κ2) is 6.13. The maximum Gasteiger partial charge on any atom is 0.118 e. The van der Waals surface area contributed by atoms with E-state index in [4.69, 9.17) is 4.74 Å². The summed E-state index contributed by atoms with van der Waals surface area (Å²) in [5.74, 6) is 0.930. The predicted octanol–water partition coefficient (Wildman–Crippen LogP) is -1.05. The molecule has 86 valence electrons. The van der Waals surface area contributed by atoms with Crippen molar-refractivity contribution in [1.29, 1.82) is 0 Å². The van der Waals surface area contributed by atoms with E-state index < -0.39 is 0 Å². The largest absolute Gasteiger partial charge is 1.00 e. The molecule has 0 aliphatic heterocycles. The molecule has 1 aromatic carbocycles. The molecular formula is C12H20BrNO. The fraction of sp³-hybridized carbons (Fsp3) is 0.500. The minimum absolute atomic E-state index is 0. The van der Waals surface area contributed by atoms with Crippen LogP contribution >= 0.6 is 0 Å². The smallest absolute Gasteiger partial charge is 0.118 e. The summed E-state index contributed by atoms with van der Waals surface area (Å²) in [7, 11) is 8.33. The Morgan fingerprint density at radius 2 is 1.60 bits per heavy atom. The lowest BCUT2D eigenvalue weighted by Gasteiger charge is -2.23. The molecule has 0 atom stereocenters. The molecule has 1 rings (SSSR count). The Labute approximate surface area is 103 Å². The molecule has 0 radical (unpaired) electrons. The number of hydrogen-bond donors (Lipinski definition) is 0. The van der Waals surface area contributed by atoms with Crippen LogP contribution in [0.1, 0.15) is 5.56 Å². The van der Waals surface area contributed by atoms with Crippen molar-refractivity contribution < 1.29 is 26.2 Å². The van der Waals surface area contributed by atoms with Gasteiger partial charge in [0.25, 0.3) is 0 Å². The average molecular weight is 274 g/mol. The predicted molar refractivity (Wildman–Crippen MR) is 59.6 cm³/mol. The molecule has 0 spiro atoms. The van der Waals surface area contributed by atoms with E-state index in [0.717, 1.165) is 23.2 Å². The van der Waals surface area contributed by atoms with E-state index in [-0.39, 0.29) is 17.0 Å². The Kier molecular flexibility index (Phi) is 5.91. The summed E-state index contributed by atoms with van der Waals surface area (Å²) in [5.41, 5.74) is 1.37. The quantitative estimate of drug-likeness (QED) is 0.637. The lowest BCUT2D eigenvalue weighted by Crippen LogP contribution is -3.00. The van der Waals surface area contributed by atoms with Gasteiger partial charge in [-0.05, 0) is 17.7 Å². The highest BCUT2D eigenvalue weighted by atomic mass is 79.9. The molecular weight excluding hydrogens is 254 g/mol. The van der Waals surface area contributed by atoms with Crippen molar-refractivity contribution in [1.82, 2.24) is 0 Å². The summed E-state index contributed by atoms with van der Waals surface area (Å²) in [6.07, 6.45) is 1.12. The van der Waals surface area contributed by atoms with E-state index >= 15 is 0 Å². The van der Waals surface area contributed by atoms with Gasteiger partial charge in [-0.2, -0.15) is 0 Å². The van der Waals surface area contributed by atoms with Gasteiger partial charge in [-0.15, -0.1) is 0 Å². The van der Waals surface area contributed by atoms with Gasteiger partial charge in [-0.3, -0.25) is 0 Å². The molecule has 3 heteroatoms. The maximum atomic E-state index is 5.11. The van der Waals surface area contributed by atoms with Crippen LogP contribution in [-0.4, -0.2) is 39.3 Å². The fourth-order valence-electron chi connectivity index (χ4n) is 1.26. The number of halogens is 1. The van der Waals surface area contributed by atoms with Crippen molar-refractivity contribution in [3.8, 4) is 5.75 Å². The topological polar surface area (TPSA) is 9.23 Å². The molecule has 0 aromatic heterocycles. The van der Waals surface area contributed by atoms with Crippen LogP contribution in [-0.2, 0) is 6.42 Å². The lowest BCUT2D eigenvalue weighted by molar-refractivity contribution is -0.870. The third-order valence-electron chi connectivity index (χ3n) is 2.23. The van der Waals surface area contributed by atoms with E-state index in [1.54, 1.807) is 7.11 Å². The minimum Gasteiger partial charge on any atom is -1.00 e. The molecule has 2 nitrogen and oxygen atoms in total. The van der Waals surface area contributed by atoms with Gasteiger partial charge < -0.3 is 26.2 Å². The molecule has 0 aliphatic carbocycles. The van der Waals surface area contributed by atoms with Gasteiger partial charge in [0.05, 0.1) is 34.8 Å². The van der Waals surface area contributed by atoms with Gasteiger partial charge in [0.2, 0.25) is 0 Å². The van der Waals surface area contributed by atoms with Crippen LogP contribution in [0.5, 0.6) is 5.75 Å². The molecule has 0 aliphatic rings. The van der Waals surface area contributed by atoms with Crippen LogP contribution in [0.3, 0.4) is 0 Å². The fourth-order valence-corrected chi connectivity index (χ4v) is 1.26. The van der Waals surface area contributed by atoms with E-state index in [1.807, 2.05) is 12.1 Å². The Hall–Kier alpha value is -0.540. The molecule has 0 unspecified atom stereocenters. The SMILES string of the molecule is COc1ccc(CC[N+](C)(C)C)cc1.[Br-]. The van der Waals surface area contributed by atoms with Crippen molar-refractivity contribution in [2.45, 2.75) is 6.42 Å². The van der Waals surface area contributed by atoms with Crippen molar-refractivity contribution in [2.24, 2.45) is 0 Å². The number of quaternary nitrogens is 1. The van der Waals surface area contributed by atoms with Gasteiger partial charge in [-0.25, -0.2) is 0 Å². The van der Waals surface area contributed by atoms with E-state index in [1.165, 1.54) is 5.56 Å². The summed E-state index contributed by atoms with van der Waals surface area (Å²) in [5, 5.41) is 0. The molecule has 0 heterocycles. The van der Waals surface area contributed by atoms with Crippen LogP contribution in [0.4, 0.5) is 0 Å². The van der Waals surface area contributed by atoms with Crippen LogP contribution in [0.2, 0.25) is 0 Å². The monoisotopic (exact) mass is 273 g/mol. The molecule has 0 saturated heterocycles. The second-order valence-electron chi connectivity index (χ2n) is 4.61. The zero-order chi connectivity index (χ0) is 10.6. The van der Waals surface area contributed by atoms with E-state index in [9.17, 15) is 0 Å². The van der Waals surface area contributed by atoms with Crippen molar-refractivity contribution in [3.63, 3.8) is 0 Å². The Bertz CT molecular complexity index is 277. The van der Waals surface area contributed by atoms with Crippen molar-refractivity contribution >= 4 is 0 Å². The van der Waals surface area contributed by atoms with Crippen LogP contribution in [0.25, 0.3) is 0 Å². The third-order valence-corrected chi connectivity index (χ3v) is 2.23. The summed E-state index contributed by atoms with van der Waals surface area (Å²) in [6, 6.07) is 8.30. The normalized spacial score (nSPS) is 10.7. The van der Waals surface area contributed by atoms with Gasteiger partial charge >= 0.3 is 0 Å². The maximum absolute atomic E-state index is 5.11. The van der Waals surface area contributed by atoms with Crippen LogP contribution in [0.15, 0.2) is 24.3 Å². The highest BCUT2D eigenvalue weighted by Gasteiger charge is 2.06. The first kappa shape index (κ1) is 14.5. The average Bonchev–Trinajstić information content (AvgIpc) is 2.14. The lowest BCUT2D eigenvalue weighted by atomic mass is 10.1. The van der Waals surface area contributed by atoms with Gasteiger partial charge in [0.15, 0.2) is 0 Å². The molecule has 0 fully saturated rings. The summed E-state index contributed by atoms with van der Waals surface area (Å²) in [4.78, 5) is 0. The molecule has 0 N–H and O–H groups in total. The molecule has 0 saturated carbocycles. The molecule has 0 amide bonds. The standard InChI is InChI=1S/C12H20NO.BrH/c1-13(2,3)10-9-11-5-7-12(14-4)8-6-11;/h5-8H,9-10H2,1-4H3;1H/q+1;/p-1. The molecule has 0 bridgehead atoms. The van der Waals surface area contributed by atoms with E-state index in [0.29, 0.717) is 0 Å². The zero-order valence-corrected chi connectivity index (χ0v) is 11.5. The van der Waals surface area contributed by atoms with Gasteiger partial charge in [-0.1, -0.05) is 12.1 Å². The first-order chi connectivity index (χ1) is 6.51. The van der Waals surface area contributed by atoms with Crippen LogP contribution < -0.4 is 21.7 Å². The molecule has 1 aromatic rings. The van der Waals surface area contributed by atoms with Crippen molar-refractivity contribution in [3.05, 3.63) is 29.8 Å². The van der Waals surface area contributed by atoms with E-state index in [2.05, 4.69) is 33.3 Å². The Balaban J connectivity index is 0.00000196. The number of hydrogen-bond acceptors (Lipinski definition) is 1. The van der Waals surface area contributed by atoms with Crippen molar-refractivity contribution in [2.75, 3.05) is 34.8 Å². The highest BCUT2D eigenvalue weighted by molar-refractivity contribution is 5.27. The number of methoxy groups -OCH3 is 1. The van der Waals surface area contributed by atoms with Gasteiger partial charge in [0.1, 0.15) is 5.75 Å². The first-order valence-electron chi connectivity index (χ1n) is 4.95. The zero-order valence-electron chi connectivity index (χ0n) is 9.96. The summed E-state index contributed by atoms with van der Waals surface area (Å²) in [6.45, 7) is 1.16. The van der Waals surface area contributed by atoms with Gasteiger partial charge in [0, 0.05) is 6.42 Å². The number of ether oxygens (including phenoxy) is 1. The minimum atomic E-state index is 0. The van der Waals surface area contributed by atoms with Crippen LogP contribution in [0, 0.1) is 0 Å². The Morgan fingerprint density at radius 3 is 2.00 bits per heavy atom. The summed E-state index contributed by atoms with van der Waals surface area (Å²) < 4.78 is 6.12. The summed E-state index contributed by atoms with van der Waals surface area (Å²) >= 11 is 0. The second-order valence-corrected chi connectivity index (χ2v) is 4.61. The number of benzene rings is 1. The number of rotatable bonds is 4. The highest BCUT2D eigenvalue weighted by Crippen LogP contribution is 2.12. The Morgan fingerprint density at radius 1 is 1.07 bits per heavy atom.